The van der Waals surface area contributed by atoms with E-state index < -0.39 is 0 Å². The maximum absolute atomic E-state index is 11.6. The third-order valence-corrected chi connectivity index (χ3v) is 3.55. The summed E-state index contributed by atoms with van der Waals surface area (Å²) in [7, 11) is 3.55. The SMILES string of the molecule is C[C@@H](CC(=O)N(C)C)NCc1cn2cc(Br)ccc2n1. The number of halogens is 1. The molecule has 20 heavy (non-hydrogen) atoms. The molecular weight excluding hydrogens is 320 g/mol. The van der Waals surface area contributed by atoms with Gasteiger partial charge in [0.1, 0.15) is 5.65 Å². The molecule has 2 rings (SSSR count). The first-order valence-corrected chi connectivity index (χ1v) is 7.31. The molecule has 2 aromatic rings. The van der Waals surface area contributed by atoms with Crippen LogP contribution in [0.15, 0.2) is 29.0 Å². The van der Waals surface area contributed by atoms with Crippen LogP contribution in [0.3, 0.4) is 0 Å². The summed E-state index contributed by atoms with van der Waals surface area (Å²) < 4.78 is 3.00. The Balaban J connectivity index is 1.94. The molecule has 0 unspecified atom stereocenters. The van der Waals surface area contributed by atoms with E-state index in [2.05, 4.69) is 26.2 Å². The van der Waals surface area contributed by atoms with E-state index in [9.17, 15) is 4.79 Å². The average molecular weight is 339 g/mol. The van der Waals surface area contributed by atoms with Crippen molar-refractivity contribution in [2.24, 2.45) is 0 Å². The fourth-order valence-corrected chi connectivity index (χ4v) is 2.25. The maximum Gasteiger partial charge on any atom is 0.223 e. The van der Waals surface area contributed by atoms with E-state index in [-0.39, 0.29) is 11.9 Å². The summed E-state index contributed by atoms with van der Waals surface area (Å²) in [6, 6.07) is 4.06. The second-order valence-electron chi connectivity index (χ2n) is 5.12. The van der Waals surface area contributed by atoms with Gasteiger partial charge in [-0.2, -0.15) is 0 Å². The van der Waals surface area contributed by atoms with Gasteiger partial charge in [-0.05, 0) is 35.0 Å². The summed E-state index contributed by atoms with van der Waals surface area (Å²) in [4.78, 5) is 17.7. The van der Waals surface area contributed by atoms with Crippen molar-refractivity contribution in [2.75, 3.05) is 14.1 Å². The molecule has 0 aliphatic carbocycles. The van der Waals surface area contributed by atoms with Crippen molar-refractivity contribution in [2.45, 2.75) is 25.9 Å². The quantitative estimate of drug-likeness (QED) is 0.907. The van der Waals surface area contributed by atoms with Crippen molar-refractivity contribution in [3.63, 3.8) is 0 Å². The summed E-state index contributed by atoms with van der Waals surface area (Å²) in [5.41, 5.74) is 1.88. The van der Waals surface area contributed by atoms with Gasteiger partial charge < -0.3 is 14.6 Å². The van der Waals surface area contributed by atoms with Gasteiger partial charge >= 0.3 is 0 Å². The first kappa shape index (κ1) is 15.0. The first-order valence-electron chi connectivity index (χ1n) is 6.52. The van der Waals surface area contributed by atoms with E-state index in [1.165, 1.54) is 0 Å². The molecule has 6 heteroatoms. The topological polar surface area (TPSA) is 49.6 Å². The second kappa shape index (κ2) is 6.37. The Morgan fingerprint density at radius 1 is 1.45 bits per heavy atom. The van der Waals surface area contributed by atoms with Crippen LogP contribution in [-0.2, 0) is 11.3 Å². The zero-order valence-electron chi connectivity index (χ0n) is 11.9. The number of nitrogens with one attached hydrogen (secondary N) is 1. The van der Waals surface area contributed by atoms with E-state index in [1.807, 2.05) is 35.9 Å². The molecular formula is C14H19BrN4O. The minimum atomic E-state index is 0.126. The number of hydrogen-bond donors (Lipinski definition) is 1. The molecule has 0 spiro atoms. The first-order chi connectivity index (χ1) is 9.45. The number of pyridine rings is 1. The molecule has 1 atom stereocenters. The maximum atomic E-state index is 11.6. The third-order valence-electron chi connectivity index (χ3n) is 3.08. The minimum Gasteiger partial charge on any atom is -0.349 e. The normalized spacial score (nSPS) is 12.6. The van der Waals surface area contributed by atoms with Crippen LogP contribution >= 0.6 is 15.9 Å². The Labute approximate surface area is 127 Å². The Morgan fingerprint density at radius 2 is 2.20 bits per heavy atom. The summed E-state index contributed by atoms with van der Waals surface area (Å²) >= 11 is 3.44. The van der Waals surface area contributed by atoms with Crippen LogP contribution < -0.4 is 5.32 Å². The lowest BCUT2D eigenvalue weighted by molar-refractivity contribution is -0.129. The number of fused-ring (bicyclic) bond motifs is 1. The van der Waals surface area contributed by atoms with Crippen LogP contribution in [0, 0.1) is 0 Å². The van der Waals surface area contributed by atoms with Gasteiger partial charge in [0, 0.05) is 50.0 Å². The highest BCUT2D eigenvalue weighted by Crippen LogP contribution is 2.12. The lowest BCUT2D eigenvalue weighted by atomic mass is 10.2. The van der Waals surface area contributed by atoms with E-state index in [4.69, 9.17) is 0 Å². The van der Waals surface area contributed by atoms with E-state index in [1.54, 1.807) is 19.0 Å². The van der Waals surface area contributed by atoms with Crippen molar-refractivity contribution in [1.82, 2.24) is 19.6 Å². The summed E-state index contributed by atoms with van der Waals surface area (Å²) in [6.07, 6.45) is 4.46. The molecule has 0 aromatic carbocycles. The van der Waals surface area contributed by atoms with Crippen LogP contribution in [-0.4, -0.2) is 40.3 Å². The molecule has 0 saturated carbocycles. The Morgan fingerprint density at radius 3 is 2.90 bits per heavy atom. The highest BCUT2D eigenvalue weighted by Gasteiger charge is 2.11. The smallest absolute Gasteiger partial charge is 0.223 e. The van der Waals surface area contributed by atoms with Gasteiger partial charge in [-0.1, -0.05) is 0 Å². The summed E-state index contributed by atoms with van der Waals surface area (Å²) in [5, 5.41) is 3.33. The van der Waals surface area contributed by atoms with Gasteiger partial charge in [-0.3, -0.25) is 4.79 Å². The van der Waals surface area contributed by atoms with Gasteiger partial charge in [0.25, 0.3) is 0 Å². The van der Waals surface area contributed by atoms with Gasteiger partial charge in [-0.15, -0.1) is 0 Å². The van der Waals surface area contributed by atoms with Crippen molar-refractivity contribution in [3.8, 4) is 0 Å². The molecule has 108 valence electrons. The number of carbonyl (C=O) groups excluding carboxylic acids is 1. The Kier molecular flexibility index (Phi) is 4.77. The van der Waals surface area contributed by atoms with Gasteiger partial charge in [0.2, 0.25) is 5.91 Å². The van der Waals surface area contributed by atoms with E-state index in [0.717, 1.165) is 15.8 Å². The largest absolute Gasteiger partial charge is 0.349 e. The summed E-state index contributed by atoms with van der Waals surface area (Å²) in [6.45, 7) is 2.66. The van der Waals surface area contributed by atoms with Crippen LogP contribution in [0.2, 0.25) is 0 Å². The minimum absolute atomic E-state index is 0.126. The molecule has 0 saturated heterocycles. The monoisotopic (exact) mass is 338 g/mol. The molecule has 0 aliphatic rings. The van der Waals surface area contributed by atoms with Crippen molar-refractivity contribution >= 4 is 27.5 Å². The third kappa shape index (κ3) is 3.80. The second-order valence-corrected chi connectivity index (χ2v) is 6.03. The highest BCUT2D eigenvalue weighted by atomic mass is 79.9. The summed E-state index contributed by atoms with van der Waals surface area (Å²) in [5.74, 6) is 0.129. The molecule has 0 bridgehead atoms. The number of nitrogens with zero attached hydrogens (tertiary/aromatic N) is 3. The molecule has 0 aliphatic heterocycles. The van der Waals surface area contributed by atoms with Crippen LogP contribution in [0.1, 0.15) is 19.0 Å². The molecule has 2 aromatic heterocycles. The fourth-order valence-electron chi connectivity index (χ4n) is 1.90. The molecule has 0 radical (unpaired) electrons. The molecule has 0 fully saturated rings. The van der Waals surface area contributed by atoms with Gasteiger partial charge in [0.15, 0.2) is 0 Å². The standard InChI is InChI=1S/C14H19BrN4O/c1-10(6-14(20)18(2)3)16-7-12-9-19-8-11(15)4-5-13(19)17-12/h4-5,8-10,16H,6-7H2,1-3H3/t10-/m0/s1. The Hall–Kier alpha value is -1.40. The zero-order chi connectivity index (χ0) is 14.7. The van der Waals surface area contributed by atoms with Crippen molar-refractivity contribution < 1.29 is 4.79 Å². The van der Waals surface area contributed by atoms with Gasteiger partial charge in [0.05, 0.1) is 5.69 Å². The van der Waals surface area contributed by atoms with Crippen LogP contribution in [0.4, 0.5) is 0 Å². The predicted molar refractivity (Wildman–Crippen MR) is 82.5 cm³/mol. The zero-order valence-corrected chi connectivity index (χ0v) is 13.5. The lowest BCUT2D eigenvalue weighted by Crippen LogP contribution is -2.33. The highest BCUT2D eigenvalue weighted by molar-refractivity contribution is 9.10. The lowest BCUT2D eigenvalue weighted by Gasteiger charge is -2.15. The number of carbonyl (C=O) groups is 1. The fraction of sp³-hybridized carbons (Fsp3) is 0.429. The van der Waals surface area contributed by atoms with E-state index >= 15 is 0 Å². The molecule has 1 amide bonds. The van der Waals surface area contributed by atoms with Crippen LogP contribution in [0.5, 0.6) is 0 Å². The van der Waals surface area contributed by atoms with Crippen LogP contribution in [0.25, 0.3) is 5.65 Å². The van der Waals surface area contributed by atoms with Crippen molar-refractivity contribution in [1.29, 1.82) is 0 Å². The molecule has 1 N–H and O–H groups in total. The molecule has 2 heterocycles. The predicted octanol–water partition coefficient (Wildman–Crippen LogP) is 2.05. The molecule has 5 nitrogen and oxygen atoms in total. The van der Waals surface area contributed by atoms with Crippen molar-refractivity contribution in [3.05, 3.63) is 34.7 Å². The van der Waals surface area contributed by atoms with E-state index in [0.29, 0.717) is 13.0 Å². The number of amides is 1. The van der Waals surface area contributed by atoms with Gasteiger partial charge in [-0.25, -0.2) is 4.98 Å². The average Bonchev–Trinajstić information content (AvgIpc) is 2.78. The Bertz CT molecular complexity index is 608. The number of imidazole rings is 1. The number of hydrogen-bond acceptors (Lipinski definition) is 3. The number of rotatable bonds is 5. The number of aromatic nitrogens is 2.